The first-order chi connectivity index (χ1) is 9.86. The fourth-order valence-electron chi connectivity index (χ4n) is 2.52. The van der Waals surface area contributed by atoms with Crippen molar-refractivity contribution >= 4 is 21.6 Å². The monoisotopic (exact) mass is 354 g/mol. The Morgan fingerprint density at radius 2 is 1.81 bits per heavy atom. The van der Waals surface area contributed by atoms with Crippen LogP contribution in [-0.2, 0) is 0 Å². The van der Waals surface area contributed by atoms with E-state index in [1.165, 1.54) is 15.7 Å². The van der Waals surface area contributed by atoms with Crippen LogP contribution in [0.15, 0.2) is 22.7 Å². The summed E-state index contributed by atoms with van der Waals surface area (Å²) in [4.78, 5) is 2.48. The highest BCUT2D eigenvalue weighted by Gasteiger charge is 2.15. The van der Waals surface area contributed by atoms with Gasteiger partial charge in [0.1, 0.15) is 0 Å². The molecule has 120 valence electrons. The van der Waals surface area contributed by atoms with Crippen molar-refractivity contribution in [2.75, 3.05) is 18.0 Å². The predicted octanol–water partition coefficient (Wildman–Crippen LogP) is 5.38. The largest absolute Gasteiger partial charge is 0.369 e. The molecule has 0 fully saturated rings. The molecule has 0 aliphatic carbocycles. The molecule has 1 rings (SSSR count). The second kappa shape index (κ2) is 8.79. The van der Waals surface area contributed by atoms with E-state index in [4.69, 9.17) is 0 Å². The molecule has 1 aromatic carbocycles. The van der Waals surface area contributed by atoms with Crippen molar-refractivity contribution in [3.63, 3.8) is 0 Å². The number of nitrogens with one attached hydrogen (secondary N) is 1. The van der Waals surface area contributed by atoms with Gasteiger partial charge in [-0.25, -0.2) is 0 Å². The van der Waals surface area contributed by atoms with Crippen LogP contribution in [0.25, 0.3) is 0 Å². The second-order valence-corrected chi connectivity index (χ2v) is 7.38. The predicted molar refractivity (Wildman–Crippen MR) is 98.2 cm³/mol. The average Bonchev–Trinajstić information content (AvgIpc) is 2.41. The molecule has 0 heterocycles. The molecule has 1 atom stereocenters. The molecule has 0 spiro atoms. The third kappa shape index (κ3) is 5.63. The maximum atomic E-state index is 3.76. The minimum Gasteiger partial charge on any atom is -0.369 e. The summed E-state index contributed by atoms with van der Waals surface area (Å²) in [5.74, 6) is 0.663. The lowest BCUT2D eigenvalue weighted by Crippen LogP contribution is -2.34. The van der Waals surface area contributed by atoms with Crippen LogP contribution in [-0.4, -0.2) is 19.1 Å². The van der Waals surface area contributed by atoms with Gasteiger partial charge in [-0.1, -0.05) is 42.8 Å². The summed E-state index contributed by atoms with van der Waals surface area (Å²) in [6.45, 7) is 15.6. The quantitative estimate of drug-likeness (QED) is 0.673. The smallest absolute Gasteiger partial charge is 0.0380 e. The fraction of sp³-hybridized carbons (Fsp3) is 0.667. The first-order valence-corrected chi connectivity index (χ1v) is 8.95. The van der Waals surface area contributed by atoms with E-state index in [1.54, 1.807) is 0 Å². The third-order valence-electron chi connectivity index (χ3n) is 3.67. The lowest BCUT2D eigenvalue weighted by Gasteiger charge is -2.31. The van der Waals surface area contributed by atoms with Crippen LogP contribution in [0.3, 0.4) is 0 Å². The van der Waals surface area contributed by atoms with Crippen molar-refractivity contribution in [1.82, 2.24) is 5.32 Å². The van der Waals surface area contributed by atoms with Gasteiger partial charge in [0.25, 0.3) is 0 Å². The maximum Gasteiger partial charge on any atom is 0.0380 e. The van der Waals surface area contributed by atoms with Crippen LogP contribution in [0, 0.1) is 5.92 Å². The minimum atomic E-state index is 0.381. The molecule has 0 bridgehead atoms. The molecule has 0 aliphatic rings. The van der Waals surface area contributed by atoms with Crippen molar-refractivity contribution in [2.45, 2.75) is 60.0 Å². The number of anilines is 1. The van der Waals surface area contributed by atoms with Gasteiger partial charge in [-0.2, -0.15) is 0 Å². The van der Waals surface area contributed by atoms with Crippen molar-refractivity contribution < 1.29 is 0 Å². The molecule has 0 aromatic heterocycles. The van der Waals surface area contributed by atoms with Crippen LogP contribution < -0.4 is 10.2 Å². The van der Waals surface area contributed by atoms with Gasteiger partial charge >= 0.3 is 0 Å². The zero-order valence-corrected chi connectivity index (χ0v) is 16.0. The minimum absolute atomic E-state index is 0.381. The zero-order chi connectivity index (χ0) is 16.0. The lowest BCUT2D eigenvalue weighted by atomic mass is 10.1. The van der Waals surface area contributed by atoms with Gasteiger partial charge in [-0.15, -0.1) is 0 Å². The van der Waals surface area contributed by atoms with E-state index in [0.717, 1.165) is 19.5 Å². The Morgan fingerprint density at radius 1 is 1.14 bits per heavy atom. The summed E-state index contributed by atoms with van der Waals surface area (Å²) in [6.07, 6.45) is 1.16. The first-order valence-electron chi connectivity index (χ1n) is 8.16. The van der Waals surface area contributed by atoms with E-state index in [2.05, 4.69) is 85.9 Å². The van der Waals surface area contributed by atoms with E-state index in [-0.39, 0.29) is 0 Å². The van der Waals surface area contributed by atoms with E-state index >= 15 is 0 Å². The number of halogens is 1. The Labute approximate surface area is 139 Å². The fourth-order valence-corrected chi connectivity index (χ4v) is 3.23. The highest BCUT2D eigenvalue weighted by atomic mass is 79.9. The molecular formula is C18H31BrN2. The Bertz CT molecular complexity index is 429. The van der Waals surface area contributed by atoms with Crippen LogP contribution in [0.5, 0.6) is 0 Å². The molecule has 21 heavy (non-hydrogen) atoms. The van der Waals surface area contributed by atoms with Crippen LogP contribution in [0.1, 0.15) is 59.6 Å². The van der Waals surface area contributed by atoms with Crippen molar-refractivity contribution in [1.29, 1.82) is 0 Å². The van der Waals surface area contributed by atoms with Gasteiger partial charge < -0.3 is 10.2 Å². The van der Waals surface area contributed by atoms with E-state index in [0.29, 0.717) is 18.0 Å². The molecule has 2 nitrogen and oxygen atoms in total. The van der Waals surface area contributed by atoms with Gasteiger partial charge in [0.05, 0.1) is 0 Å². The summed E-state index contributed by atoms with van der Waals surface area (Å²) in [5, 5.41) is 3.55. The molecule has 1 aromatic rings. The summed E-state index contributed by atoms with van der Waals surface area (Å²) in [7, 11) is 0. The van der Waals surface area contributed by atoms with Crippen molar-refractivity contribution in [3.8, 4) is 0 Å². The number of hydrogen-bond acceptors (Lipinski definition) is 2. The first kappa shape index (κ1) is 18.5. The highest BCUT2D eigenvalue weighted by molar-refractivity contribution is 9.10. The van der Waals surface area contributed by atoms with Gasteiger partial charge in [-0.05, 0) is 57.4 Å². The molecule has 1 unspecified atom stereocenters. The summed E-state index contributed by atoms with van der Waals surface area (Å²) < 4.78 is 1.20. The zero-order valence-electron chi connectivity index (χ0n) is 14.4. The molecule has 0 saturated carbocycles. The number of benzene rings is 1. The van der Waals surface area contributed by atoms with Gasteiger partial charge in [-0.3, -0.25) is 0 Å². The van der Waals surface area contributed by atoms with Gasteiger partial charge in [0.2, 0.25) is 0 Å². The molecule has 1 N–H and O–H groups in total. The highest BCUT2D eigenvalue weighted by Crippen LogP contribution is 2.29. The second-order valence-electron chi connectivity index (χ2n) is 6.52. The summed E-state index contributed by atoms with van der Waals surface area (Å²) in [5.41, 5.74) is 2.64. The Balaban J connectivity index is 2.94. The van der Waals surface area contributed by atoms with Crippen molar-refractivity contribution in [2.24, 2.45) is 5.92 Å². The maximum absolute atomic E-state index is 3.76. The van der Waals surface area contributed by atoms with E-state index in [9.17, 15) is 0 Å². The SMILES string of the molecule is CCCNC(C)c1ccc(N(CC(C)C)C(C)C)cc1Br. The van der Waals surface area contributed by atoms with E-state index < -0.39 is 0 Å². The van der Waals surface area contributed by atoms with Gasteiger partial charge in [0.15, 0.2) is 0 Å². The Morgan fingerprint density at radius 3 is 2.29 bits per heavy atom. The topological polar surface area (TPSA) is 15.3 Å². The van der Waals surface area contributed by atoms with Crippen LogP contribution in [0.2, 0.25) is 0 Å². The van der Waals surface area contributed by atoms with Crippen molar-refractivity contribution in [3.05, 3.63) is 28.2 Å². The molecule has 0 saturated heterocycles. The number of rotatable bonds is 8. The average molecular weight is 355 g/mol. The molecule has 0 amide bonds. The summed E-state index contributed by atoms with van der Waals surface area (Å²) >= 11 is 3.76. The normalized spacial score (nSPS) is 13.0. The summed E-state index contributed by atoms with van der Waals surface area (Å²) in [6, 6.07) is 7.67. The number of nitrogens with zero attached hydrogens (tertiary/aromatic N) is 1. The van der Waals surface area contributed by atoms with Crippen LogP contribution >= 0.6 is 15.9 Å². The molecular weight excluding hydrogens is 324 g/mol. The standard InChI is InChI=1S/C18H31BrN2/c1-7-10-20-15(6)17-9-8-16(11-18(17)19)21(14(4)5)12-13(2)3/h8-9,11,13-15,20H,7,10,12H2,1-6H3. The molecule has 3 heteroatoms. The van der Waals surface area contributed by atoms with Crippen LogP contribution in [0.4, 0.5) is 5.69 Å². The van der Waals surface area contributed by atoms with Gasteiger partial charge in [0, 0.05) is 28.8 Å². The third-order valence-corrected chi connectivity index (χ3v) is 4.35. The number of hydrogen-bond donors (Lipinski definition) is 1. The Hall–Kier alpha value is -0.540. The molecule has 0 radical (unpaired) electrons. The Kier molecular flexibility index (Phi) is 7.75. The van der Waals surface area contributed by atoms with E-state index in [1.807, 2.05) is 0 Å². The molecule has 0 aliphatic heterocycles. The lowest BCUT2D eigenvalue weighted by molar-refractivity contribution is 0.565.